The van der Waals surface area contributed by atoms with Gasteiger partial charge in [-0.1, -0.05) is 13.8 Å². The first-order chi connectivity index (χ1) is 7.58. The predicted molar refractivity (Wildman–Crippen MR) is 74.9 cm³/mol. The molecule has 2 rings (SSSR count). The third kappa shape index (κ3) is 2.69. The summed E-state index contributed by atoms with van der Waals surface area (Å²) in [7, 11) is 0. The standard InChI is InChI=1S/C13H20BrNS/c1-8-4-5-13(9(8)2)15-7-11-6-12(14)10(3)16-11/h6,8-9,13,15H,4-5,7H2,1-3H3. The minimum absolute atomic E-state index is 0.719. The van der Waals surface area contributed by atoms with Crippen LogP contribution in [-0.2, 0) is 6.54 Å². The lowest BCUT2D eigenvalue weighted by Gasteiger charge is -2.19. The van der Waals surface area contributed by atoms with E-state index in [9.17, 15) is 0 Å². The molecule has 0 aromatic carbocycles. The quantitative estimate of drug-likeness (QED) is 0.875. The van der Waals surface area contributed by atoms with E-state index in [0.29, 0.717) is 0 Å². The molecule has 3 heteroatoms. The Morgan fingerprint density at radius 3 is 2.69 bits per heavy atom. The highest BCUT2D eigenvalue weighted by Gasteiger charge is 2.29. The number of hydrogen-bond acceptors (Lipinski definition) is 2. The summed E-state index contributed by atoms with van der Waals surface area (Å²) in [5.41, 5.74) is 0. The fourth-order valence-electron chi connectivity index (χ4n) is 2.49. The van der Waals surface area contributed by atoms with Crippen molar-refractivity contribution in [1.82, 2.24) is 5.32 Å². The molecular formula is C13H20BrNS. The Morgan fingerprint density at radius 1 is 1.44 bits per heavy atom. The second-order valence-electron chi connectivity index (χ2n) is 5.02. The third-order valence-corrected chi connectivity index (χ3v) is 6.05. The van der Waals surface area contributed by atoms with Crippen LogP contribution in [0.25, 0.3) is 0 Å². The van der Waals surface area contributed by atoms with Crippen LogP contribution in [0.2, 0.25) is 0 Å². The fraction of sp³-hybridized carbons (Fsp3) is 0.692. The minimum atomic E-state index is 0.719. The van der Waals surface area contributed by atoms with Gasteiger partial charge in [-0.25, -0.2) is 0 Å². The molecule has 1 aromatic heterocycles. The summed E-state index contributed by atoms with van der Waals surface area (Å²) >= 11 is 5.46. The SMILES string of the molecule is Cc1sc(CNC2CCC(C)C2C)cc1Br. The Bertz CT molecular complexity index is 341. The number of rotatable bonds is 3. The average Bonchev–Trinajstić information content (AvgIpc) is 2.72. The van der Waals surface area contributed by atoms with Gasteiger partial charge < -0.3 is 5.32 Å². The van der Waals surface area contributed by atoms with E-state index >= 15 is 0 Å². The van der Waals surface area contributed by atoms with Crippen LogP contribution in [0.4, 0.5) is 0 Å². The van der Waals surface area contributed by atoms with Crippen molar-refractivity contribution in [2.45, 2.75) is 46.2 Å². The molecule has 0 spiro atoms. The van der Waals surface area contributed by atoms with Crippen molar-refractivity contribution >= 4 is 27.3 Å². The zero-order valence-corrected chi connectivity index (χ0v) is 12.6. The minimum Gasteiger partial charge on any atom is -0.309 e. The third-order valence-electron chi connectivity index (χ3n) is 3.91. The highest BCUT2D eigenvalue weighted by atomic mass is 79.9. The number of aryl methyl sites for hydroxylation is 1. The normalized spacial score (nSPS) is 29.9. The predicted octanol–water partition coefficient (Wildman–Crippen LogP) is 4.34. The van der Waals surface area contributed by atoms with Crippen LogP contribution >= 0.6 is 27.3 Å². The van der Waals surface area contributed by atoms with E-state index in [1.54, 1.807) is 0 Å². The number of nitrogens with one attached hydrogen (secondary N) is 1. The molecule has 1 nitrogen and oxygen atoms in total. The molecular weight excluding hydrogens is 282 g/mol. The van der Waals surface area contributed by atoms with E-state index < -0.39 is 0 Å². The van der Waals surface area contributed by atoms with Crippen LogP contribution in [0.5, 0.6) is 0 Å². The number of thiophene rings is 1. The summed E-state index contributed by atoms with van der Waals surface area (Å²) in [6.07, 6.45) is 2.72. The zero-order chi connectivity index (χ0) is 11.7. The van der Waals surface area contributed by atoms with E-state index in [1.165, 1.54) is 27.1 Å². The van der Waals surface area contributed by atoms with Crippen molar-refractivity contribution in [1.29, 1.82) is 0 Å². The Labute approximate surface area is 111 Å². The van der Waals surface area contributed by atoms with Crippen molar-refractivity contribution < 1.29 is 0 Å². The van der Waals surface area contributed by atoms with E-state index in [0.717, 1.165) is 24.4 Å². The van der Waals surface area contributed by atoms with E-state index in [2.05, 4.69) is 48.1 Å². The first-order valence-corrected chi connectivity index (χ1v) is 7.67. The van der Waals surface area contributed by atoms with E-state index in [4.69, 9.17) is 0 Å². The number of halogens is 1. The maximum absolute atomic E-state index is 3.71. The fourth-order valence-corrected chi connectivity index (χ4v) is 4.04. The molecule has 0 saturated heterocycles. The second-order valence-corrected chi connectivity index (χ2v) is 7.21. The molecule has 90 valence electrons. The molecule has 16 heavy (non-hydrogen) atoms. The smallest absolute Gasteiger partial charge is 0.0314 e. The van der Waals surface area contributed by atoms with Gasteiger partial charge in [-0.05, 0) is 53.6 Å². The lowest BCUT2D eigenvalue weighted by molar-refractivity contribution is 0.370. The monoisotopic (exact) mass is 301 g/mol. The van der Waals surface area contributed by atoms with Crippen molar-refractivity contribution in [2.24, 2.45) is 11.8 Å². The van der Waals surface area contributed by atoms with Gasteiger partial charge in [-0.3, -0.25) is 0 Å². The average molecular weight is 302 g/mol. The summed E-state index contributed by atoms with van der Waals surface area (Å²) in [4.78, 5) is 2.82. The summed E-state index contributed by atoms with van der Waals surface area (Å²) in [5.74, 6) is 1.71. The van der Waals surface area contributed by atoms with Crippen molar-refractivity contribution in [3.8, 4) is 0 Å². The van der Waals surface area contributed by atoms with Crippen LogP contribution in [-0.4, -0.2) is 6.04 Å². The van der Waals surface area contributed by atoms with Crippen LogP contribution in [0.1, 0.15) is 36.4 Å². The molecule has 3 atom stereocenters. The molecule has 1 aromatic rings. The molecule has 1 aliphatic carbocycles. The molecule has 1 saturated carbocycles. The maximum atomic E-state index is 3.71. The molecule has 0 amide bonds. The molecule has 1 N–H and O–H groups in total. The summed E-state index contributed by atoms with van der Waals surface area (Å²) in [6.45, 7) is 7.94. The Kier molecular flexibility index (Phi) is 4.09. The highest BCUT2D eigenvalue weighted by Crippen LogP contribution is 2.32. The molecule has 1 heterocycles. The summed E-state index contributed by atoms with van der Waals surface area (Å²) < 4.78 is 1.25. The van der Waals surface area contributed by atoms with Gasteiger partial charge in [-0.2, -0.15) is 0 Å². The highest BCUT2D eigenvalue weighted by molar-refractivity contribution is 9.10. The van der Waals surface area contributed by atoms with Gasteiger partial charge in [0, 0.05) is 26.8 Å². The van der Waals surface area contributed by atoms with Crippen LogP contribution < -0.4 is 5.32 Å². The van der Waals surface area contributed by atoms with Gasteiger partial charge >= 0.3 is 0 Å². The summed E-state index contributed by atoms with van der Waals surface area (Å²) in [5, 5.41) is 3.71. The lowest BCUT2D eigenvalue weighted by atomic mass is 9.98. The van der Waals surface area contributed by atoms with Crippen LogP contribution in [0, 0.1) is 18.8 Å². The first-order valence-electron chi connectivity index (χ1n) is 6.06. The molecule has 3 unspecified atom stereocenters. The molecule has 1 fully saturated rings. The Hall–Kier alpha value is 0.140. The van der Waals surface area contributed by atoms with Crippen molar-refractivity contribution in [3.05, 3.63) is 20.3 Å². The largest absolute Gasteiger partial charge is 0.309 e. The van der Waals surface area contributed by atoms with Gasteiger partial charge in [0.05, 0.1) is 0 Å². The van der Waals surface area contributed by atoms with Gasteiger partial charge in [0.2, 0.25) is 0 Å². The zero-order valence-electron chi connectivity index (χ0n) is 10.2. The number of hydrogen-bond donors (Lipinski definition) is 1. The molecule has 0 aliphatic heterocycles. The van der Waals surface area contributed by atoms with Gasteiger partial charge in [0.1, 0.15) is 0 Å². The molecule has 0 bridgehead atoms. The van der Waals surface area contributed by atoms with Gasteiger partial charge in [0.25, 0.3) is 0 Å². The second kappa shape index (κ2) is 5.19. The molecule has 1 aliphatic rings. The van der Waals surface area contributed by atoms with Gasteiger partial charge in [0.15, 0.2) is 0 Å². The van der Waals surface area contributed by atoms with Crippen molar-refractivity contribution in [3.63, 3.8) is 0 Å². The van der Waals surface area contributed by atoms with Crippen molar-refractivity contribution in [2.75, 3.05) is 0 Å². The maximum Gasteiger partial charge on any atom is 0.0314 e. The van der Waals surface area contributed by atoms with Gasteiger partial charge in [-0.15, -0.1) is 11.3 Å². The topological polar surface area (TPSA) is 12.0 Å². The lowest BCUT2D eigenvalue weighted by Crippen LogP contribution is -2.31. The molecule has 0 radical (unpaired) electrons. The Morgan fingerprint density at radius 2 is 2.19 bits per heavy atom. The van der Waals surface area contributed by atoms with Crippen LogP contribution in [0.15, 0.2) is 10.5 Å². The van der Waals surface area contributed by atoms with E-state index in [-0.39, 0.29) is 0 Å². The van der Waals surface area contributed by atoms with E-state index in [1.807, 2.05) is 11.3 Å². The summed E-state index contributed by atoms with van der Waals surface area (Å²) in [6, 6.07) is 2.96. The Balaban J connectivity index is 1.88. The first kappa shape index (κ1) is 12.6. The van der Waals surface area contributed by atoms with Crippen LogP contribution in [0.3, 0.4) is 0 Å².